The number of carbonyl (C=O) groups excluding carboxylic acids is 1. The number of tetrazole rings is 1. The lowest BCUT2D eigenvalue weighted by molar-refractivity contribution is -0.122. The fourth-order valence-electron chi connectivity index (χ4n) is 1.36. The Morgan fingerprint density at radius 1 is 1.42 bits per heavy atom. The molecular weight excluding hydrogens is 246 g/mol. The Balaban J connectivity index is 1.89. The summed E-state index contributed by atoms with van der Waals surface area (Å²) in [5.41, 5.74) is 0.813. The minimum atomic E-state index is -0.190. The molecule has 0 saturated heterocycles. The molecule has 0 aliphatic carbocycles. The van der Waals surface area contributed by atoms with Gasteiger partial charge in [0, 0.05) is 6.54 Å². The predicted molar refractivity (Wildman–Crippen MR) is 67.9 cm³/mol. The molecule has 2 rings (SSSR count). The van der Waals surface area contributed by atoms with Crippen LogP contribution in [-0.2, 0) is 4.79 Å². The molecule has 1 aromatic heterocycles. The standard InChI is InChI=1S/C12H13N5O2/c1-2-7-13-12(18)8-19-11-5-3-10(4-6-11)17-9-14-15-16-17/h2-6,9H,1,7-8H2,(H,13,18). The SMILES string of the molecule is C=CCNC(=O)COc1ccc(-n2cnnn2)cc1. The minimum Gasteiger partial charge on any atom is -0.484 e. The number of benzene rings is 1. The Labute approximate surface area is 109 Å². The van der Waals surface area contributed by atoms with Gasteiger partial charge in [-0.25, -0.2) is 4.68 Å². The Morgan fingerprint density at radius 2 is 2.21 bits per heavy atom. The lowest BCUT2D eigenvalue weighted by Crippen LogP contribution is -2.28. The van der Waals surface area contributed by atoms with E-state index in [9.17, 15) is 4.79 Å². The molecule has 1 heterocycles. The van der Waals surface area contributed by atoms with Gasteiger partial charge >= 0.3 is 0 Å². The van der Waals surface area contributed by atoms with Crippen LogP contribution < -0.4 is 10.1 Å². The normalized spacial score (nSPS) is 9.89. The van der Waals surface area contributed by atoms with Crippen molar-refractivity contribution in [2.45, 2.75) is 0 Å². The molecule has 1 N–H and O–H groups in total. The summed E-state index contributed by atoms with van der Waals surface area (Å²) in [6.07, 6.45) is 3.11. The highest BCUT2D eigenvalue weighted by atomic mass is 16.5. The Kier molecular flexibility index (Phi) is 4.22. The van der Waals surface area contributed by atoms with Gasteiger partial charge in [-0.2, -0.15) is 0 Å². The first kappa shape index (κ1) is 12.7. The lowest BCUT2D eigenvalue weighted by Gasteiger charge is -2.06. The molecule has 0 aliphatic rings. The Hall–Kier alpha value is -2.70. The van der Waals surface area contributed by atoms with Crippen LogP contribution in [0.5, 0.6) is 5.75 Å². The number of rotatable bonds is 6. The van der Waals surface area contributed by atoms with Crippen LogP contribution in [0.1, 0.15) is 0 Å². The summed E-state index contributed by atoms with van der Waals surface area (Å²) in [6.45, 7) is 3.91. The highest BCUT2D eigenvalue weighted by molar-refractivity contribution is 5.77. The maximum absolute atomic E-state index is 11.3. The number of hydrogen-bond acceptors (Lipinski definition) is 5. The monoisotopic (exact) mass is 259 g/mol. The van der Waals surface area contributed by atoms with Crippen LogP contribution in [0.2, 0.25) is 0 Å². The second-order valence-electron chi connectivity index (χ2n) is 3.63. The van der Waals surface area contributed by atoms with E-state index in [0.29, 0.717) is 12.3 Å². The van der Waals surface area contributed by atoms with Crippen molar-refractivity contribution in [1.29, 1.82) is 0 Å². The van der Waals surface area contributed by atoms with Gasteiger partial charge in [0.2, 0.25) is 0 Å². The fraction of sp³-hybridized carbons (Fsp3) is 0.167. The van der Waals surface area contributed by atoms with Crippen molar-refractivity contribution in [3.05, 3.63) is 43.2 Å². The van der Waals surface area contributed by atoms with Gasteiger partial charge in [-0.15, -0.1) is 11.7 Å². The first-order valence-corrected chi connectivity index (χ1v) is 5.63. The minimum absolute atomic E-state index is 0.0297. The number of aromatic nitrogens is 4. The van der Waals surface area contributed by atoms with E-state index in [0.717, 1.165) is 5.69 Å². The molecule has 0 bridgehead atoms. The van der Waals surface area contributed by atoms with E-state index >= 15 is 0 Å². The first-order valence-electron chi connectivity index (χ1n) is 5.63. The molecule has 0 atom stereocenters. The zero-order chi connectivity index (χ0) is 13.5. The molecule has 0 unspecified atom stereocenters. The molecule has 0 aliphatic heterocycles. The average Bonchev–Trinajstić information content (AvgIpc) is 2.97. The third-order valence-electron chi connectivity index (χ3n) is 2.26. The number of hydrogen-bond donors (Lipinski definition) is 1. The zero-order valence-electron chi connectivity index (χ0n) is 10.2. The topological polar surface area (TPSA) is 81.9 Å². The van der Waals surface area contributed by atoms with Crippen LogP contribution >= 0.6 is 0 Å². The van der Waals surface area contributed by atoms with Gasteiger partial charge in [0.05, 0.1) is 5.69 Å². The van der Waals surface area contributed by atoms with Crippen LogP contribution in [0.3, 0.4) is 0 Å². The molecule has 2 aromatic rings. The summed E-state index contributed by atoms with van der Waals surface area (Å²) in [5.74, 6) is 0.412. The summed E-state index contributed by atoms with van der Waals surface area (Å²) in [4.78, 5) is 11.3. The Morgan fingerprint density at radius 3 is 2.84 bits per heavy atom. The molecule has 0 fully saturated rings. The summed E-state index contributed by atoms with van der Waals surface area (Å²) < 4.78 is 6.86. The van der Waals surface area contributed by atoms with E-state index < -0.39 is 0 Å². The van der Waals surface area contributed by atoms with E-state index in [1.165, 1.54) is 11.0 Å². The van der Waals surface area contributed by atoms with E-state index in [1.54, 1.807) is 30.3 Å². The second-order valence-corrected chi connectivity index (χ2v) is 3.63. The van der Waals surface area contributed by atoms with Gasteiger partial charge in [-0.1, -0.05) is 6.08 Å². The summed E-state index contributed by atoms with van der Waals surface area (Å²) in [5, 5.41) is 13.5. The number of nitrogens with zero attached hydrogens (tertiary/aromatic N) is 4. The molecule has 7 heteroatoms. The lowest BCUT2D eigenvalue weighted by atomic mass is 10.3. The number of carbonyl (C=O) groups is 1. The summed E-state index contributed by atoms with van der Waals surface area (Å²) in [6, 6.07) is 7.09. The van der Waals surface area contributed by atoms with E-state index in [4.69, 9.17) is 4.74 Å². The smallest absolute Gasteiger partial charge is 0.258 e. The first-order chi connectivity index (χ1) is 9.29. The zero-order valence-corrected chi connectivity index (χ0v) is 10.2. The fourth-order valence-corrected chi connectivity index (χ4v) is 1.36. The molecule has 0 radical (unpaired) electrons. The average molecular weight is 259 g/mol. The molecule has 1 aromatic carbocycles. The highest BCUT2D eigenvalue weighted by Crippen LogP contribution is 2.13. The van der Waals surface area contributed by atoms with Crippen molar-refractivity contribution >= 4 is 5.91 Å². The van der Waals surface area contributed by atoms with Crippen LogP contribution in [0.15, 0.2) is 43.2 Å². The Bertz CT molecular complexity index is 536. The van der Waals surface area contributed by atoms with Crippen molar-refractivity contribution in [2.24, 2.45) is 0 Å². The van der Waals surface area contributed by atoms with Crippen molar-refractivity contribution in [3.63, 3.8) is 0 Å². The van der Waals surface area contributed by atoms with Crippen LogP contribution in [0.25, 0.3) is 5.69 Å². The largest absolute Gasteiger partial charge is 0.484 e. The molecule has 19 heavy (non-hydrogen) atoms. The van der Waals surface area contributed by atoms with Crippen molar-refractivity contribution < 1.29 is 9.53 Å². The van der Waals surface area contributed by atoms with Crippen molar-refractivity contribution in [2.75, 3.05) is 13.2 Å². The maximum atomic E-state index is 11.3. The number of nitrogens with one attached hydrogen (secondary N) is 1. The van der Waals surface area contributed by atoms with E-state index in [1.807, 2.05) is 0 Å². The van der Waals surface area contributed by atoms with Gasteiger partial charge in [0.15, 0.2) is 6.61 Å². The quantitative estimate of drug-likeness (QED) is 0.757. The van der Waals surface area contributed by atoms with Gasteiger partial charge in [-0.05, 0) is 34.7 Å². The predicted octanol–water partition coefficient (Wildman–Crippen LogP) is 0.343. The highest BCUT2D eigenvalue weighted by Gasteiger charge is 2.02. The van der Waals surface area contributed by atoms with Gasteiger partial charge in [0.1, 0.15) is 12.1 Å². The van der Waals surface area contributed by atoms with E-state index in [-0.39, 0.29) is 12.5 Å². The third-order valence-corrected chi connectivity index (χ3v) is 2.26. The summed E-state index contributed by atoms with van der Waals surface area (Å²) in [7, 11) is 0. The van der Waals surface area contributed by atoms with Crippen molar-refractivity contribution in [3.8, 4) is 11.4 Å². The molecule has 0 saturated carbocycles. The number of amides is 1. The van der Waals surface area contributed by atoms with Crippen LogP contribution in [0.4, 0.5) is 0 Å². The molecule has 98 valence electrons. The maximum Gasteiger partial charge on any atom is 0.258 e. The molecule has 7 nitrogen and oxygen atoms in total. The van der Waals surface area contributed by atoms with E-state index in [2.05, 4.69) is 27.4 Å². The van der Waals surface area contributed by atoms with Crippen molar-refractivity contribution in [1.82, 2.24) is 25.5 Å². The van der Waals surface area contributed by atoms with Crippen LogP contribution in [-0.4, -0.2) is 39.3 Å². The molecule has 0 spiro atoms. The second kappa shape index (κ2) is 6.29. The third kappa shape index (κ3) is 3.63. The molecular formula is C12H13N5O2. The van der Waals surface area contributed by atoms with Gasteiger partial charge in [-0.3, -0.25) is 4.79 Å². The summed E-state index contributed by atoms with van der Waals surface area (Å²) >= 11 is 0. The van der Waals surface area contributed by atoms with Gasteiger partial charge < -0.3 is 10.1 Å². The van der Waals surface area contributed by atoms with Gasteiger partial charge in [0.25, 0.3) is 5.91 Å². The van der Waals surface area contributed by atoms with Crippen LogP contribution in [0, 0.1) is 0 Å². The molecule has 1 amide bonds. The number of ether oxygens (including phenoxy) is 1.